The number of rotatable bonds is 36. The Morgan fingerprint density at radius 2 is 1.46 bits per heavy atom. The summed E-state index contributed by atoms with van der Waals surface area (Å²) < 4.78 is 12.1. The fourth-order valence-electron chi connectivity index (χ4n) is 13.5. The number of carboxylic acid groups (broad SMARTS) is 1. The normalized spacial score (nSPS) is 22.3. The first-order valence-corrected chi connectivity index (χ1v) is 30.9. The van der Waals surface area contributed by atoms with Gasteiger partial charge < -0.3 is 35.0 Å². The average Bonchev–Trinajstić information content (AvgIpc) is 1.53. The molecule has 0 spiro atoms. The lowest BCUT2D eigenvalue weighted by atomic mass is 9.88. The molecule has 0 radical (unpaired) electrons. The third-order valence-electron chi connectivity index (χ3n) is 18.8. The maximum atomic E-state index is 14.7. The number of nitrogens with zero attached hydrogens (tertiary/aromatic N) is 4. The largest absolute Gasteiger partial charge is 0.480 e. The van der Waals surface area contributed by atoms with Crippen molar-refractivity contribution < 1.29 is 57.7 Å². The smallest absolute Gasteiger partial charge is 0.326 e. The number of likely N-dealkylation sites (tertiary alicyclic amines) is 2. The van der Waals surface area contributed by atoms with Crippen molar-refractivity contribution in [2.45, 2.75) is 221 Å². The fraction of sp³-hybridized carbons (Fsp3) is 0.762. The first-order chi connectivity index (χ1) is 39.3. The number of benzene rings is 1. The summed E-state index contributed by atoms with van der Waals surface area (Å²) in [6.45, 7) is 22.5. The van der Waals surface area contributed by atoms with Crippen LogP contribution < -0.4 is 21.5 Å². The van der Waals surface area contributed by atoms with E-state index < -0.39 is 65.6 Å². The zero-order valence-corrected chi connectivity index (χ0v) is 52.9. The molecule has 8 amide bonds. The van der Waals surface area contributed by atoms with Crippen molar-refractivity contribution in [3.8, 4) is 0 Å². The van der Waals surface area contributed by atoms with Gasteiger partial charge in [-0.1, -0.05) is 120 Å². The van der Waals surface area contributed by atoms with Crippen LogP contribution in [-0.4, -0.2) is 168 Å². The summed E-state index contributed by atoms with van der Waals surface area (Å²) in [5.41, 5.74) is 6.05. The summed E-state index contributed by atoms with van der Waals surface area (Å²) in [6.07, 6.45) is 7.20. The Labute approximate surface area is 495 Å². The number of nitrogens with one attached hydrogen (secondary N) is 4. The highest BCUT2D eigenvalue weighted by Crippen LogP contribution is 2.76. The van der Waals surface area contributed by atoms with E-state index in [1.54, 1.807) is 30.8 Å². The number of carbonyl (C=O) groups is 9. The predicted octanol–water partition coefficient (Wildman–Crippen LogP) is 6.46. The molecule has 1 aromatic rings. The van der Waals surface area contributed by atoms with Gasteiger partial charge in [-0.3, -0.25) is 59.0 Å². The molecule has 0 bridgehead atoms. The number of carbonyl (C=O) groups excluding carboxylic acids is 8. The molecule has 1 aliphatic carbocycles. The topological polar surface area (TPSA) is 253 Å². The molecule has 3 fully saturated rings. The van der Waals surface area contributed by atoms with Gasteiger partial charge in [-0.05, 0) is 106 Å². The van der Waals surface area contributed by atoms with Gasteiger partial charge in [0.1, 0.15) is 12.1 Å². The number of hydrazine groups is 1. The molecule has 2 saturated heterocycles. The van der Waals surface area contributed by atoms with Gasteiger partial charge in [0.15, 0.2) is 0 Å². The van der Waals surface area contributed by atoms with Crippen molar-refractivity contribution >= 4 is 53.2 Å². The first kappa shape index (κ1) is 70.0. The second-order valence-corrected chi connectivity index (χ2v) is 24.9. The highest BCUT2D eigenvalue weighted by molar-refractivity contribution is 6.13. The molecule has 12 unspecified atom stereocenters. The maximum Gasteiger partial charge on any atom is 0.326 e. The van der Waals surface area contributed by atoms with Gasteiger partial charge in [-0.25, -0.2) is 4.79 Å². The van der Waals surface area contributed by atoms with Crippen molar-refractivity contribution in [3.05, 3.63) is 35.4 Å². The summed E-state index contributed by atoms with van der Waals surface area (Å²) in [4.78, 5) is 128. The van der Waals surface area contributed by atoms with Crippen LogP contribution in [0.1, 0.15) is 177 Å². The molecule has 5 N–H and O–H groups in total. The van der Waals surface area contributed by atoms with E-state index in [0.29, 0.717) is 71.0 Å². The number of likely N-dealkylation sites (N-methyl/N-ethyl adjacent to an activating group) is 2. The first-order valence-electron chi connectivity index (χ1n) is 30.9. The quantitative estimate of drug-likeness (QED) is 0.0275. The number of methoxy groups -OCH3 is 2. The van der Waals surface area contributed by atoms with Crippen LogP contribution in [0.2, 0.25) is 0 Å². The average molecular weight is 1170 g/mol. The van der Waals surface area contributed by atoms with Gasteiger partial charge in [0.2, 0.25) is 47.3 Å². The summed E-state index contributed by atoms with van der Waals surface area (Å²) in [7, 11) is 6.48. The molecule has 4 rings (SSSR count). The van der Waals surface area contributed by atoms with E-state index in [0.717, 1.165) is 36.8 Å². The van der Waals surface area contributed by atoms with Crippen LogP contribution >= 0.6 is 0 Å². The third-order valence-corrected chi connectivity index (χ3v) is 18.8. The molecule has 2 aliphatic heterocycles. The molecule has 1 aromatic carbocycles. The van der Waals surface area contributed by atoms with Crippen LogP contribution in [0.15, 0.2) is 24.3 Å². The van der Waals surface area contributed by atoms with Gasteiger partial charge in [0.25, 0.3) is 0 Å². The predicted molar refractivity (Wildman–Crippen MR) is 318 cm³/mol. The van der Waals surface area contributed by atoms with Gasteiger partial charge in [-0.15, -0.1) is 0 Å². The second kappa shape index (κ2) is 32.2. The summed E-state index contributed by atoms with van der Waals surface area (Å²) in [6, 6.07) is 3.97. The molecule has 3 aliphatic rings. The standard InChI is InChI=1S/C63H104N8O12/c1-16-20-27-43-28-24-29-44(36-43)37-45(60(79)80)64-56(75)42(10)54(83-15)46-30-25-35-70(46)50(74)38-47(82-14)53(41(9)17-2)69(13)58(77)51(39(5)6)65-57(76)52(40(7)8)68(12)33-26-32-49(73)67-66-48(72)31-22-21-23-34-71-59(78)55-62(11,18-3)63(55,19-4)61(71)81/h24,28-29,36,39-42,45-47,51-55H,16-23,25-27,30-35,37-38H2,1-15H3,(H,64,75)(H,65,76)(H,66,72)(H,67,73)(H,79,80). The number of aliphatic carboxylic acids is 1. The molecule has 83 heavy (non-hydrogen) atoms. The van der Waals surface area contributed by atoms with E-state index in [4.69, 9.17) is 9.47 Å². The minimum absolute atomic E-state index is 0.0584. The lowest BCUT2D eigenvalue weighted by Crippen LogP contribution is -2.60. The van der Waals surface area contributed by atoms with Gasteiger partial charge in [0.05, 0.1) is 54.0 Å². The minimum atomic E-state index is -1.17. The van der Waals surface area contributed by atoms with E-state index in [1.807, 2.05) is 91.5 Å². The van der Waals surface area contributed by atoms with Crippen molar-refractivity contribution in [2.24, 2.45) is 40.4 Å². The number of imide groups is 1. The number of amides is 8. The molecular formula is C63H104N8O12. The number of ether oxygens (including phenoxy) is 2. The SMILES string of the molecule is CCCCc1cccc(CC(NC(=O)C(C)C(OC)C2CCCN2C(=O)CC(OC)C(C(C)CC)N(C)C(=O)C(NC(=O)C(C(C)C)N(C)CCCC(=O)NNC(=O)CCCCCN2C(=O)C3C(C)(CC)C3(CC)C2=O)C(C)C)C(=O)O)c1. The van der Waals surface area contributed by atoms with E-state index in [9.17, 15) is 48.3 Å². The number of unbranched alkanes of at least 4 members (excludes halogenated alkanes) is 3. The lowest BCUT2D eigenvalue weighted by Gasteiger charge is -2.41. The second-order valence-electron chi connectivity index (χ2n) is 24.9. The Balaban J connectivity index is 1.29. The molecule has 20 heteroatoms. The summed E-state index contributed by atoms with van der Waals surface area (Å²) >= 11 is 0. The maximum absolute atomic E-state index is 14.7. The fourth-order valence-corrected chi connectivity index (χ4v) is 13.5. The highest BCUT2D eigenvalue weighted by Gasteiger charge is 2.83. The number of piperidine rings is 1. The highest BCUT2D eigenvalue weighted by atomic mass is 16.5. The summed E-state index contributed by atoms with van der Waals surface area (Å²) in [5.74, 6) is -5.09. The molecule has 12 atom stereocenters. The number of hydrogen-bond donors (Lipinski definition) is 5. The van der Waals surface area contributed by atoms with E-state index in [1.165, 1.54) is 19.1 Å². The Morgan fingerprint density at radius 1 is 0.807 bits per heavy atom. The van der Waals surface area contributed by atoms with Crippen molar-refractivity contribution in [1.29, 1.82) is 0 Å². The molecule has 0 aromatic heterocycles. The Bertz CT molecular complexity index is 2390. The zero-order chi connectivity index (χ0) is 62.1. The molecule has 2 heterocycles. The van der Waals surface area contributed by atoms with Crippen LogP contribution in [0.25, 0.3) is 0 Å². The number of fused-ring (bicyclic) bond motifs is 1. The van der Waals surface area contributed by atoms with Gasteiger partial charge in [0, 0.05) is 53.6 Å². The van der Waals surface area contributed by atoms with E-state index in [2.05, 4.69) is 28.4 Å². The van der Waals surface area contributed by atoms with E-state index >= 15 is 0 Å². The van der Waals surface area contributed by atoms with Crippen LogP contribution in [0.5, 0.6) is 0 Å². The van der Waals surface area contributed by atoms with E-state index in [-0.39, 0.29) is 96.1 Å². The molecule has 20 nitrogen and oxygen atoms in total. The monoisotopic (exact) mass is 1160 g/mol. The molecular weight excluding hydrogens is 1060 g/mol. The summed E-state index contributed by atoms with van der Waals surface area (Å²) in [5, 5.41) is 16.0. The number of carboxylic acids is 1. The van der Waals surface area contributed by atoms with Crippen LogP contribution in [0, 0.1) is 40.4 Å². The zero-order valence-electron chi connectivity index (χ0n) is 52.9. The Hall–Kier alpha value is -5.47. The van der Waals surface area contributed by atoms with Crippen LogP contribution in [0.4, 0.5) is 0 Å². The van der Waals surface area contributed by atoms with Crippen LogP contribution in [-0.2, 0) is 65.5 Å². The van der Waals surface area contributed by atoms with Gasteiger partial charge >= 0.3 is 5.97 Å². The Morgan fingerprint density at radius 3 is 2.01 bits per heavy atom. The lowest BCUT2D eigenvalue weighted by molar-refractivity contribution is -0.148. The third kappa shape index (κ3) is 16.9. The molecule has 468 valence electrons. The number of aryl methyl sites for hydroxylation is 1. The van der Waals surface area contributed by atoms with Crippen molar-refractivity contribution in [1.82, 2.24) is 41.1 Å². The Kier molecular flexibility index (Phi) is 27.1. The van der Waals surface area contributed by atoms with Crippen molar-refractivity contribution in [2.75, 3.05) is 47.9 Å². The molecule has 1 saturated carbocycles. The van der Waals surface area contributed by atoms with Crippen LogP contribution in [0.3, 0.4) is 0 Å². The minimum Gasteiger partial charge on any atom is -0.480 e. The van der Waals surface area contributed by atoms with Crippen molar-refractivity contribution in [3.63, 3.8) is 0 Å². The van der Waals surface area contributed by atoms with Gasteiger partial charge in [-0.2, -0.15) is 0 Å². The number of hydrogen-bond acceptors (Lipinski definition) is 12.